The zero-order chi connectivity index (χ0) is 22.9. The predicted molar refractivity (Wildman–Crippen MR) is 113 cm³/mol. The molecular formula is C25H30F3NO2. The van der Waals surface area contributed by atoms with Crippen LogP contribution in [0.5, 0.6) is 0 Å². The number of halogens is 3. The van der Waals surface area contributed by atoms with Crippen molar-refractivity contribution in [1.82, 2.24) is 4.98 Å². The summed E-state index contributed by atoms with van der Waals surface area (Å²) in [4.78, 5) is 5.01. The summed E-state index contributed by atoms with van der Waals surface area (Å²) in [5, 5.41) is 11.1. The van der Waals surface area contributed by atoms with Crippen LogP contribution < -0.4 is 0 Å². The van der Waals surface area contributed by atoms with E-state index < -0.39 is 29.5 Å². The SMILES string of the molecule is CC(C)c1nc2c(c3c1[C@@H](c1ccc(C(F)(F)F)cc1)OC3(C)C)C(O)CC(C)(C)C2. The second-order valence-electron chi connectivity index (χ2n) is 10.5. The molecule has 6 heteroatoms. The number of fused-ring (bicyclic) bond motifs is 3. The quantitative estimate of drug-likeness (QED) is 0.581. The zero-order valence-electron chi connectivity index (χ0n) is 18.9. The van der Waals surface area contributed by atoms with E-state index in [-0.39, 0.29) is 11.3 Å². The van der Waals surface area contributed by atoms with Crippen LogP contribution in [0.25, 0.3) is 0 Å². The van der Waals surface area contributed by atoms with Crippen molar-refractivity contribution in [2.24, 2.45) is 5.41 Å². The largest absolute Gasteiger partial charge is 0.416 e. The highest BCUT2D eigenvalue weighted by Crippen LogP contribution is 2.54. The Morgan fingerprint density at radius 3 is 2.23 bits per heavy atom. The number of hydrogen-bond acceptors (Lipinski definition) is 3. The highest BCUT2D eigenvalue weighted by Gasteiger charge is 2.47. The summed E-state index contributed by atoms with van der Waals surface area (Å²) >= 11 is 0. The van der Waals surface area contributed by atoms with Crippen molar-refractivity contribution in [3.63, 3.8) is 0 Å². The lowest BCUT2D eigenvalue weighted by atomic mass is 9.71. The van der Waals surface area contributed by atoms with Crippen molar-refractivity contribution in [1.29, 1.82) is 0 Å². The molecule has 1 aliphatic heterocycles. The lowest BCUT2D eigenvalue weighted by Gasteiger charge is -2.37. The monoisotopic (exact) mass is 433 g/mol. The second-order valence-corrected chi connectivity index (χ2v) is 10.5. The van der Waals surface area contributed by atoms with Gasteiger partial charge in [-0.05, 0) is 61.3 Å². The molecule has 3 nitrogen and oxygen atoms in total. The van der Waals surface area contributed by atoms with Crippen LogP contribution in [-0.4, -0.2) is 10.1 Å². The number of rotatable bonds is 2. The first-order valence-corrected chi connectivity index (χ1v) is 10.8. The first kappa shape index (κ1) is 22.3. The van der Waals surface area contributed by atoms with Gasteiger partial charge in [0.25, 0.3) is 0 Å². The average Bonchev–Trinajstić information content (AvgIpc) is 2.90. The molecule has 2 heterocycles. The maximum Gasteiger partial charge on any atom is 0.416 e. The van der Waals surface area contributed by atoms with Gasteiger partial charge in [0, 0.05) is 22.5 Å². The van der Waals surface area contributed by atoms with E-state index in [1.165, 1.54) is 12.1 Å². The van der Waals surface area contributed by atoms with Crippen LogP contribution in [0.2, 0.25) is 0 Å². The first-order valence-electron chi connectivity index (χ1n) is 10.8. The van der Waals surface area contributed by atoms with Crippen molar-refractivity contribution in [3.05, 3.63) is 63.5 Å². The number of aliphatic hydroxyl groups excluding tert-OH is 1. The summed E-state index contributed by atoms with van der Waals surface area (Å²) in [6, 6.07) is 5.17. The maximum absolute atomic E-state index is 13.1. The van der Waals surface area contributed by atoms with Crippen LogP contribution >= 0.6 is 0 Å². The van der Waals surface area contributed by atoms with Crippen LogP contribution in [-0.2, 0) is 22.9 Å². The second kappa shape index (κ2) is 7.04. The Morgan fingerprint density at radius 2 is 1.68 bits per heavy atom. The van der Waals surface area contributed by atoms with Gasteiger partial charge in [0.1, 0.15) is 6.10 Å². The Kier molecular flexibility index (Phi) is 5.06. The Bertz CT molecular complexity index is 1010. The van der Waals surface area contributed by atoms with Gasteiger partial charge in [0.05, 0.1) is 17.3 Å². The molecule has 1 aromatic heterocycles. The molecule has 0 radical (unpaired) electrons. The van der Waals surface area contributed by atoms with Crippen molar-refractivity contribution in [3.8, 4) is 0 Å². The van der Waals surface area contributed by atoms with Gasteiger partial charge in [0.2, 0.25) is 0 Å². The van der Waals surface area contributed by atoms with E-state index in [0.29, 0.717) is 12.0 Å². The van der Waals surface area contributed by atoms with E-state index in [9.17, 15) is 18.3 Å². The van der Waals surface area contributed by atoms with E-state index in [1.807, 2.05) is 13.8 Å². The molecule has 1 aromatic carbocycles. The fourth-order valence-electron chi connectivity index (χ4n) is 5.18. The van der Waals surface area contributed by atoms with Gasteiger partial charge in [-0.15, -0.1) is 0 Å². The standard InChI is InChI=1S/C25H30F3NO2/c1-13(2)21-19-20(18-16(29-21)11-23(3,4)12-17(18)30)24(5,6)31-22(19)14-7-9-15(10-8-14)25(26,27)28/h7-10,13,17,22,30H,11-12H2,1-6H3/t17?,22-/m1/s1. The third-order valence-corrected chi connectivity index (χ3v) is 6.47. The van der Waals surface area contributed by atoms with E-state index in [2.05, 4.69) is 27.7 Å². The van der Waals surface area contributed by atoms with Crippen LogP contribution in [0.4, 0.5) is 13.2 Å². The minimum absolute atomic E-state index is 0.0572. The van der Waals surface area contributed by atoms with Gasteiger partial charge in [-0.2, -0.15) is 13.2 Å². The molecule has 0 fully saturated rings. The third kappa shape index (κ3) is 3.78. The minimum atomic E-state index is -4.38. The summed E-state index contributed by atoms with van der Waals surface area (Å²) < 4.78 is 45.6. The molecule has 1 aliphatic carbocycles. The maximum atomic E-state index is 13.1. The molecule has 0 saturated heterocycles. The number of alkyl halides is 3. The molecule has 2 atom stereocenters. The first-order chi connectivity index (χ1) is 14.2. The molecule has 0 spiro atoms. The number of pyridine rings is 1. The number of benzene rings is 1. The molecular weight excluding hydrogens is 403 g/mol. The molecule has 1 unspecified atom stereocenters. The lowest BCUT2D eigenvalue weighted by molar-refractivity contribution is -0.137. The van der Waals surface area contributed by atoms with E-state index in [1.54, 1.807) is 0 Å². The molecule has 2 aliphatic rings. The fraction of sp³-hybridized carbons (Fsp3) is 0.560. The van der Waals surface area contributed by atoms with Crippen LogP contribution in [0.15, 0.2) is 24.3 Å². The average molecular weight is 434 g/mol. The summed E-state index contributed by atoms with van der Waals surface area (Å²) in [7, 11) is 0. The summed E-state index contributed by atoms with van der Waals surface area (Å²) in [6.07, 6.45) is -4.14. The highest BCUT2D eigenvalue weighted by atomic mass is 19.4. The molecule has 31 heavy (non-hydrogen) atoms. The summed E-state index contributed by atoms with van der Waals surface area (Å²) in [6.45, 7) is 12.3. The van der Waals surface area contributed by atoms with Gasteiger partial charge >= 0.3 is 6.18 Å². The highest BCUT2D eigenvalue weighted by molar-refractivity contribution is 5.53. The number of ether oxygens (including phenoxy) is 1. The normalized spacial score (nSPS) is 24.2. The number of hydrogen-bond donors (Lipinski definition) is 1. The molecule has 4 rings (SSSR count). The van der Waals surface area contributed by atoms with Crippen LogP contribution in [0.3, 0.4) is 0 Å². The van der Waals surface area contributed by atoms with Gasteiger partial charge in [0.15, 0.2) is 0 Å². The van der Waals surface area contributed by atoms with Gasteiger partial charge in [-0.3, -0.25) is 4.98 Å². The third-order valence-electron chi connectivity index (χ3n) is 6.47. The topological polar surface area (TPSA) is 42.4 Å². The fourth-order valence-corrected chi connectivity index (χ4v) is 5.18. The van der Waals surface area contributed by atoms with Crippen molar-refractivity contribution >= 4 is 0 Å². The molecule has 0 amide bonds. The smallest absolute Gasteiger partial charge is 0.388 e. The Labute approximate surface area is 181 Å². The molecule has 168 valence electrons. The van der Waals surface area contributed by atoms with Gasteiger partial charge in [-0.1, -0.05) is 39.8 Å². The Balaban J connectivity index is 1.92. The van der Waals surface area contributed by atoms with Crippen molar-refractivity contribution in [2.45, 2.75) is 84.3 Å². The van der Waals surface area contributed by atoms with E-state index in [0.717, 1.165) is 46.6 Å². The minimum Gasteiger partial charge on any atom is -0.388 e. The van der Waals surface area contributed by atoms with Crippen molar-refractivity contribution < 1.29 is 23.0 Å². The predicted octanol–water partition coefficient (Wildman–Crippen LogP) is 6.58. The number of aromatic nitrogens is 1. The van der Waals surface area contributed by atoms with Gasteiger partial charge in [-0.25, -0.2) is 0 Å². The zero-order valence-corrected chi connectivity index (χ0v) is 18.9. The molecule has 0 bridgehead atoms. The van der Waals surface area contributed by atoms with E-state index in [4.69, 9.17) is 9.72 Å². The van der Waals surface area contributed by atoms with Crippen LogP contribution in [0, 0.1) is 5.41 Å². The summed E-state index contributed by atoms with van der Waals surface area (Å²) in [5.74, 6) is 0.107. The summed E-state index contributed by atoms with van der Waals surface area (Å²) in [5.41, 5.74) is 3.74. The number of aliphatic hydroxyl groups is 1. The lowest BCUT2D eigenvalue weighted by Crippen LogP contribution is -2.30. The molecule has 2 aromatic rings. The molecule has 0 saturated carbocycles. The van der Waals surface area contributed by atoms with Crippen LogP contribution in [0.1, 0.15) is 105 Å². The van der Waals surface area contributed by atoms with Gasteiger partial charge < -0.3 is 9.84 Å². The Hall–Kier alpha value is -1.92. The van der Waals surface area contributed by atoms with Crippen molar-refractivity contribution in [2.75, 3.05) is 0 Å². The number of nitrogens with zero attached hydrogens (tertiary/aromatic N) is 1. The Morgan fingerprint density at radius 1 is 1.06 bits per heavy atom. The van der Waals surface area contributed by atoms with E-state index >= 15 is 0 Å². The molecule has 1 N–H and O–H groups in total.